The number of nitrogens with zero attached hydrogens (tertiary/aromatic N) is 1. The van der Waals surface area contributed by atoms with Crippen LogP contribution >= 0.6 is 0 Å². The first-order valence-corrected chi connectivity index (χ1v) is 5.73. The number of amidine groups is 1. The molecule has 15 heavy (non-hydrogen) atoms. The van der Waals surface area contributed by atoms with E-state index in [0.29, 0.717) is 0 Å². The second kappa shape index (κ2) is 3.85. The van der Waals surface area contributed by atoms with Crippen molar-refractivity contribution in [3.8, 4) is 0 Å². The molecule has 1 aromatic rings. The highest BCUT2D eigenvalue weighted by atomic mass is 32.2. The summed E-state index contributed by atoms with van der Waals surface area (Å²) in [4.78, 5) is -0.158. The van der Waals surface area contributed by atoms with Crippen LogP contribution in [-0.4, -0.2) is 25.7 Å². The Balaban J connectivity index is 3.33. The summed E-state index contributed by atoms with van der Waals surface area (Å²) >= 11 is 0. The summed E-state index contributed by atoms with van der Waals surface area (Å²) in [7, 11) is -3.46. The van der Waals surface area contributed by atoms with Crippen LogP contribution in [0.4, 0.5) is 4.39 Å². The molecule has 0 saturated carbocycles. The lowest BCUT2D eigenvalue weighted by Crippen LogP contribution is -2.15. The molecule has 0 amide bonds. The summed E-state index contributed by atoms with van der Waals surface area (Å²) in [6.07, 6.45) is 0.963. The van der Waals surface area contributed by atoms with Crippen LogP contribution in [0, 0.1) is 5.82 Å². The van der Waals surface area contributed by atoms with E-state index in [1.807, 2.05) is 0 Å². The van der Waals surface area contributed by atoms with E-state index in [1.54, 1.807) is 0 Å². The number of sulfone groups is 1. The van der Waals surface area contributed by atoms with E-state index in [9.17, 15) is 12.8 Å². The molecule has 0 saturated heterocycles. The van der Waals surface area contributed by atoms with Gasteiger partial charge in [0, 0.05) is 6.26 Å². The molecule has 0 aromatic heterocycles. The molecular weight excluding hydrogens is 223 g/mol. The van der Waals surface area contributed by atoms with Crippen LogP contribution in [0.2, 0.25) is 0 Å². The lowest BCUT2D eigenvalue weighted by molar-refractivity contribution is 0.318. The Hall–Kier alpha value is -1.63. The fraction of sp³-hybridized carbons (Fsp3) is 0.125. The fourth-order valence-electron chi connectivity index (χ4n) is 0.988. The quantitative estimate of drug-likeness (QED) is 0.332. The van der Waals surface area contributed by atoms with E-state index < -0.39 is 21.5 Å². The van der Waals surface area contributed by atoms with Gasteiger partial charge in [-0.3, -0.25) is 0 Å². The Labute approximate surface area is 85.9 Å². The van der Waals surface area contributed by atoms with Crippen LogP contribution in [0.3, 0.4) is 0 Å². The minimum absolute atomic E-state index is 0.148. The smallest absolute Gasteiger partial charge is 0.175 e. The normalized spacial score (nSPS) is 12.8. The molecule has 0 fully saturated rings. The third-order valence-electron chi connectivity index (χ3n) is 1.75. The fourth-order valence-corrected chi connectivity index (χ4v) is 1.62. The van der Waals surface area contributed by atoms with Gasteiger partial charge in [-0.15, -0.1) is 0 Å². The van der Waals surface area contributed by atoms with Gasteiger partial charge in [-0.2, -0.15) is 0 Å². The molecule has 82 valence electrons. The molecule has 1 rings (SSSR count). The Kier molecular flexibility index (Phi) is 2.94. The van der Waals surface area contributed by atoms with Crippen molar-refractivity contribution in [3.05, 3.63) is 29.6 Å². The van der Waals surface area contributed by atoms with Gasteiger partial charge in [-0.1, -0.05) is 5.16 Å². The maximum Gasteiger partial charge on any atom is 0.175 e. The number of nitrogens with two attached hydrogens (primary N) is 1. The topological polar surface area (TPSA) is 92.8 Å². The van der Waals surface area contributed by atoms with Crippen LogP contribution in [0.5, 0.6) is 0 Å². The van der Waals surface area contributed by atoms with E-state index in [0.717, 1.165) is 18.4 Å². The zero-order valence-electron chi connectivity index (χ0n) is 7.81. The Morgan fingerprint density at radius 1 is 1.53 bits per heavy atom. The number of hydrogen-bond acceptors (Lipinski definition) is 4. The predicted molar refractivity (Wildman–Crippen MR) is 52.0 cm³/mol. The highest BCUT2D eigenvalue weighted by Crippen LogP contribution is 2.14. The van der Waals surface area contributed by atoms with Crippen LogP contribution in [0.1, 0.15) is 5.56 Å². The molecule has 0 aliphatic carbocycles. The molecule has 5 nitrogen and oxygen atoms in total. The molecule has 0 aliphatic rings. The van der Waals surface area contributed by atoms with E-state index >= 15 is 0 Å². The number of hydrogen-bond donors (Lipinski definition) is 2. The first-order valence-electron chi connectivity index (χ1n) is 3.84. The lowest BCUT2D eigenvalue weighted by atomic mass is 10.2. The van der Waals surface area contributed by atoms with Gasteiger partial charge in [-0.25, -0.2) is 12.8 Å². The molecule has 0 unspecified atom stereocenters. The van der Waals surface area contributed by atoms with Crippen LogP contribution < -0.4 is 5.73 Å². The molecule has 0 spiro atoms. The zero-order chi connectivity index (χ0) is 11.6. The first kappa shape index (κ1) is 11.4. The molecule has 0 atom stereocenters. The van der Waals surface area contributed by atoms with Gasteiger partial charge in [0.1, 0.15) is 5.82 Å². The van der Waals surface area contributed by atoms with Gasteiger partial charge in [0.05, 0.1) is 10.5 Å². The summed E-state index contributed by atoms with van der Waals surface area (Å²) in [6, 6.07) is 3.15. The number of benzene rings is 1. The van der Waals surface area contributed by atoms with Crippen molar-refractivity contribution in [3.63, 3.8) is 0 Å². The van der Waals surface area contributed by atoms with Gasteiger partial charge >= 0.3 is 0 Å². The van der Waals surface area contributed by atoms with E-state index in [2.05, 4.69) is 5.16 Å². The Morgan fingerprint density at radius 3 is 2.53 bits per heavy atom. The Bertz CT molecular complexity index is 511. The SMILES string of the molecule is CS(=O)(=O)c1ccc(C(N)=NO)c(F)c1. The molecule has 7 heteroatoms. The van der Waals surface area contributed by atoms with E-state index in [4.69, 9.17) is 10.9 Å². The maximum atomic E-state index is 13.3. The maximum absolute atomic E-state index is 13.3. The van der Waals surface area contributed by atoms with Crippen LogP contribution in [0.15, 0.2) is 28.3 Å². The molecular formula is C8H9FN2O3S. The minimum atomic E-state index is -3.46. The van der Waals surface area contributed by atoms with Gasteiger partial charge in [0.2, 0.25) is 0 Å². The first-order chi connectivity index (χ1) is 6.86. The highest BCUT2D eigenvalue weighted by Gasteiger charge is 2.12. The van der Waals surface area contributed by atoms with E-state index in [-0.39, 0.29) is 10.5 Å². The molecule has 0 bridgehead atoms. The van der Waals surface area contributed by atoms with Crippen molar-refractivity contribution in [2.75, 3.05) is 6.26 Å². The Morgan fingerprint density at radius 2 is 2.13 bits per heavy atom. The molecule has 0 aliphatic heterocycles. The van der Waals surface area contributed by atoms with Crippen molar-refractivity contribution in [1.82, 2.24) is 0 Å². The third-order valence-corrected chi connectivity index (χ3v) is 2.86. The van der Waals surface area contributed by atoms with Gasteiger partial charge in [-0.05, 0) is 18.2 Å². The molecule has 3 N–H and O–H groups in total. The third kappa shape index (κ3) is 2.44. The second-order valence-electron chi connectivity index (χ2n) is 2.90. The number of rotatable bonds is 2. The summed E-state index contributed by atoms with van der Waals surface area (Å²) in [5.41, 5.74) is 5.02. The average molecular weight is 232 g/mol. The monoisotopic (exact) mass is 232 g/mol. The van der Waals surface area contributed by atoms with Crippen LogP contribution in [-0.2, 0) is 9.84 Å². The predicted octanol–water partition coefficient (Wildman–Crippen LogP) is 0.324. The zero-order valence-corrected chi connectivity index (χ0v) is 8.62. The summed E-state index contributed by atoms with van der Waals surface area (Å²) in [6.45, 7) is 0. The largest absolute Gasteiger partial charge is 0.409 e. The van der Waals surface area contributed by atoms with Crippen molar-refractivity contribution >= 4 is 15.7 Å². The lowest BCUT2D eigenvalue weighted by Gasteiger charge is -2.03. The number of oxime groups is 1. The van der Waals surface area contributed by atoms with Gasteiger partial charge in [0.15, 0.2) is 15.7 Å². The standard InChI is InChI=1S/C8H9FN2O3S/c1-15(13,14)5-2-3-6(7(9)4-5)8(10)11-12/h2-4,12H,1H3,(H2,10,11). The van der Waals surface area contributed by atoms with Crippen molar-refractivity contribution in [2.24, 2.45) is 10.9 Å². The van der Waals surface area contributed by atoms with Crippen molar-refractivity contribution in [1.29, 1.82) is 0 Å². The molecule has 0 radical (unpaired) electrons. The second-order valence-corrected chi connectivity index (χ2v) is 4.91. The van der Waals surface area contributed by atoms with Crippen molar-refractivity contribution < 1.29 is 18.0 Å². The summed E-state index contributed by atoms with van der Waals surface area (Å²) < 4.78 is 35.4. The average Bonchev–Trinajstić information content (AvgIpc) is 2.15. The minimum Gasteiger partial charge on any atom is -0.409 e. The highest BCUT2D eigenvalue weighted by molar-refractivity contribution is 7.90. The molecule has 0 heterocycles. The summed E-state index contributed by atoms with van der Waals surface area (Å²) in [5.74, 6) is -1.26. The van der Waals surface area contributed by atoms with Crippen LogP contribution in [0.25, 0.3) is 0 Å². The summed E-state index contributed by atoms with van der Waals surface area (Å²) in [5, 5.41) is 10.9. The molecule has 1 aromatic carbocycles. The number of halogens is 1. The van der Waals surface area contributed by atoms with Crippen molar-refractivity contribution in [2.45, 2.75) is 4.90 Å². The van der Waals surface area contributed by atoms with E-state index in [1.165, 1.54) is 6.07 Å². The van der Waals surface area contributed by atoms with Gasteiger partial charge < -0.3 is 10.9 Å². The van der Waals surface area contributed by atoms with Gasteiger partial charge in [0.25, 0.3) is 0 Å².